The number of hydrogen-bond donors (Lipinski definition) is 1. The van der Waals surface area contributed by atoms with Crippen molar-refractivity contribution in [1.29, 1.82) is 0 Å². The average molecular weight is 263 g/mol. The molecular weight excluding hydrogens is 245 g/mol. The summed E-state index contributed by atoms with van der Waals surface area (Å²) in [4.78, 5) is 4.28. The number of halogens is 1. The number of aryl methyl sites for hydroxylation is 1. The van der Waals surface area contributed by atoms with E-state index < -0.39 is 0 Å². The average Bonchev–Trinajstić information content (AvgIpc) is 2.86. The van der Waals surface area contributed by atoms with Crippen LogP contribution in [0.15, 0.2) is 28.8 Å². The summed E-state index contributed by atoms with van der Waals surface area (Å²) in [7, 11) is 1.92. The molecule has 0 fully saturated rings. The maximum atomic E-state index is 13.5. The Morgan fingerprint density at radius 3 is 2.89 bits per heavy atom. The fraction of sp³-hybridized carbons (Fsp3) is 0.429. The Hall–Kier alpha value is -1.75. The van der Waals surface area contributed by atoms with Crippen LogP contribution in [0.25, 0.3) is 0 Å². The van der Waals surface area contributed by atoms with Crippen LogP contribution in [0.3, 0.4) is 0 Å². The quantitative estimate of drug-likeness (QED) is 0.869. The van der Waals surface area contributed by atoms with Gasteiger partial charge in [-0.1, -0.05) is 23.4 Å². The standard InChI is InChI=1S/C14H18FN3O/c1-10(16-2)7-8-14-17-13(18-19-14)9-11-5-3-4-6-12(11)15/h3-6,10,16H,7-9H2,1-2H3. The molecule has 0 aliphatic rings. The Balaban J connectivity index is 1.96. The van der Waals surface area contributed by atoms with Crippen LogP contribution < -0.4 is 5.32 Å². The summed E-state index contributed by atoms with van der Waals surface area (Å²) in [6.45, 7) is 2.09. The lowest BCUT2D eigenvalue weighted by Gasteiger charge is -2.06. The van der Waals surface area contributed by atoms with Crippen molar-refractivity contribution in [2.75, 3.05) is 7.05 Å². The summed E-state index contributed by atoms with van der Waals surface area (Å²) in [5.41, 5.74) is 0.582. The Bertz CT molecular complexity index is 527. The Morgan fingerprint density at radius 2 is 2.16 bits per heavy atom. The zero-order chi connectivity index (χ0) is 13.7. The first-order chi connectivity index (χ1) is 9.19. The van der Waals surface area contributed by atoms with Crippen LogP contribution in [-0.2, 0) is 12.8 Å². The van der Waals surface area contributed by atoms with Crippen LogP contribution in [0.5, 0.6) is 0 Å². The van der Waals surface area contributed by atoms with Gasteiger partial charge in [-0.3, -0.25) is 0 Å². The van der Waals surface area contributed by atoms with E-state index in [2.05, 4.69) is 22.4 Å². The number of nitrogens with zero attached hydrogens (tertiary/aromatic N) is 2. The minimum Gasteiger partial charge on any atom is -0.339 e. The molecule has 1 aromatic heterocycles. The molecule has 1 N–H and O–H groups in total. The number of benzene rings is 1. The highest BCUT2D eigenvalue weighted by molar-refractivity contribution is 5.20. The number of rotatable bonds is 6. The van der Waals surface area contributed by atoms with Gasteiger partial charge in [0.1, 0.15) is 5.82 Å². The molecule has 0 amide bonds. The van der Waals surface area contributed by atoms with Gasteiger partial charge < -0.3 is 9.84 Å². The third kappa shape index (κ3) is 3.86. The molecule has 5 heteroatoms. The molecule has 102 valence electrons. The molecule has 1 atom stereocenters. The van der Waals surface area contributed by atoms with Crippen LogP contribution in [-0.4, -0.2) is 23.2 Å². The molecule has 4 nitrogen and oxygen atoms in total. The summed E-state index contributed by atoms with van der Waals surface area (Å²) in [6.07, 6.45) is 2.02. The van der Waals surface area contributed by atoms with E-state index in [0.717, 1.165) is 12.8 Å². The van der Waals surface area contributed by atoms with Gasteiger partial charge in [0, 0.05) is 18.9 Å². The third-order valence-electron chi connectivity index (χ3n) is 3.10. The minimum absolute atomic E-state index is 0.238. The molecule has 0 saturated carbocycles. The van der Waals surface area contributed by atoms with Gasteiger partial charge in [0.2, 0.25) is 5.89 Å². The molecule has 19 heavy (non-hydrogen) atoms. The summed E-state index contributed by atoms with van der Waals surface area (Å²) in [6, 6.07) is 7.04. The lowest BCUT2D eigenvalue weighted by Crippen LogP contribution is -2.21. The van der Waals surface area contributed by atoms with Crippen LogP contribution in [0.4, 0.5) is 4.39 Å². The van der Waals surface area contributed by atoms with Crippen molar-refractivity contribution < 1.29 is 8.91 Å². The van der Waals surface area contributed by atoms with E-state index in [1.807, 2.05) is 7.05 Å². The fourth-order valence-corrected chi connectivity index (χ4v) is 1.76. The Kier molecular flexibility index (Phi) is 4.63. The normalized spacial score (nSPS) is 12.6. The fourth-order valence-electron chi connectivity index (χ4n) is 1.76. The topological polar surface area (TPSA) is 51.0 Å². The van der Waals surface area contributed by atoms with Gasteiger partial charge in [0.05, 0.1) is 0 Å². The molecular formula is C14H18FN3O. The summed E-state index contributed by atoms with van der Waals surface area (Å²) < 4.78 is 18.6. The molecule has 1 aromatic carbocycles. The first-order valence-electron chi connectivity index (χ1n) is 6.41. The SMILES string of the molecule is CNC(C)CCc1nc(Cc2ccccc2F)no1. The van der Waals surface area contributed by atoms with E-state index in [-0.39, 0.29) is 5.82 Å². The summed E-state index contributed by atoms with van der Waals surface area (Å²) in [5.74, 6) is 0.892. The third-order valence-corrected chi connectivity index (χ3v) is 3.10. The van der Waals surface area contributed by atoms with Gasteiger partial charge in [-0.25, -0.2) is 4.39 Å². The predicted molar refractivity (Wildman–Crippen MR) is 70.3 cm³/mol. The Labute approximate surface area is 112 Å². The molecule has 0 spiro atoms. The molecule has 2 rings (SSSR count). The van der Waals surface area contributed by atoms with E-state index in [1.165, 1.54) is 6.07 Å². The maximum absolute atomic E-state index is 13.5. The molecule has 0 bridgehead atoms. The number of nitrogens with one attached hydrogen (secondary N) is 1. The minimum atomic E-state index is -0.238. The van der Waals surface area contributed by atoms with Crippen molar-refractivity contribution in [2.45, 2.75) is 32.2 Å². The monoisotopic (exact) mass is 263 g/mol. The molecule has 1 heterocycles. The summed E-state index contributed by atoms with van der Waals surface area (Å²) >= 11 is 0. The van der Waals surface area contributed by atoms with Crippen molar-refractivity contribution in [3.63, 3.8) is 0 Å². The molecule has 0 aliphatic carbocycles. The zero-order valence-electron chi connectivity index (χ0n) is 11.2. The maximum Gasteiger partial charge on any atom is 0.226 e. The van der Waals surface area contributed by atoms with Gasteiger partial charge >= 0.3 is 0 Å². The summed E-state index contributed by atoms with van der Waals surface area (Å²) in [5, 5.41) is 7.03. The van der Waals surface area contributed by atoms with Gasteiger partial charge in [0.25, 0.3) is 0 Å². The van der Waals surface area contributed by atoms with Crippen molar-refractivity contribution in [3.8, 4) is 0 Å². The second-order valence-corrected chi connectivity index (χ2v) is 4.60. The van der Waals surface area contributed by atoms with Crippen molar-refractivity contribution >= 4 is 0 Å². The first kappa shape index (κ1) is 13.7. The van der Waals surface area contributed by atoms with Crippen molar-refractivity contribution in [1.82, 2.24) is 15.5 Å². The second kappa shape index (κ2) is 6.43. The Morgan fingerprint density at radius 1 is 1.37 bits per heavy atom. The molecule has 0 saturated heterocycles. The van der Waals surface area contributed by atoms with Crippen LogP contribution in [0.1, 0.15) is 30.6 Å². The van der Waals surface area contributed by atoms with E-state index in [4.69, 9.17) is 4.52 Å². The first-order valence-corrected chi connectivity index (χ1v) is 6.41. The molecule has 2 aromatic rings. The second-order valence-electron chi connectivity index (χ2n) is 4.60. The number of aromatic nitrogens is 2. The van der Waals surface area contributed by atoms with Crippen LogP contribution in [0.2, 0.25) is 0 Å². The van der Waals surface area contributed by atoms with Gasteiger partial charge in [0.15, 0.2) is 5.82 Å². The van der Waals surface area contributed by atoms with Crippen LogP contribution >= 0.6 is 0 Å². The van der Waals surface area contributed by atoms with Crippen molar-refractivity contribution in [2.24, 2.45) is 0 Å². The predicted octanol–water partition coefficient (Wildman–Crippen LogP) is 2.34. The highest BCUT2D eigenvalue weighted by Crippen LogP contribution is 2.11. The molecule has 1 unspecified atom stereocenters. The zero-order valence-corrected chi connectivity index (χ0v) is 11.2. The van der Waals surface area contributed by atoms with E-state index in [1.54, 1.807) is 18.2 Å². The highest BCUT2D eigenvalue weighted by Gasteiger charge is 2.10. The van der Waals surface area contributed by atoms with Crippen molar-refractivity contribution in [3.05, 3.63) is 47.4 Å². The smallest absolute Gasteiger partial charge is 0.226 e. The van der Waals surface area contributed by atoms with Gasteiger partial charge in [-0.15, -0.1) is 0 Å². The largest absolute Gasteiger partial charge is 0.339 e. The lowest BCUT2D eigenvalue weighted by atomic mass is 10.1. The number of hydrogen-bond acceptors (Lipinski definition) is 4. The van der Waals surface area contributed by atoms with E-state index in [0.29, 0.717) is 29.7 Å². The van der Waals surface area contributed by atoms with E-state index >= 15 is 0 Å². The molecule has 0 aliphatic heterocycles. The highest BCUT2D eigenvalue weighted by atomic mass is 19.1. The van der Waals surface area contributed by atoms with Gasteiger partial charge in [-0.2, -0.15) is 4.98 Å². The van der Waals surface area contributed by atoms with Crippen LogP contribution in [0, 0.1) is 5.82 Å². The molecule has 0 radical (unpaired) electrons. The van der Waals surface area contributed by atoms with Gasteiger partial charge in [-0.05, 0) is 32.0 Å². The van der Waals surface area contributed by atoms with E-state index in [9.17, 15) is 4.39 Å². The lowest BCUT2D eigenvalue weighted by molar-refractivity contribution is 0.365.